The third-order valence-electron chi connectivity index (χ3n) is 2.57. The molecule has 0 bridgehead atoms. The van der Waals surface area contributed by atoms with Crippen molar-refractivity contribution in [2.75, 3.05) is 5.88 Å². The van der Waals surface area contributed by atoms with E-state index in [2.05, 4.69) is 5.32 Å². The molecule has 4 amide bonds. The molecule has 0 radical (unpaired) electrons. The lowest BCUT2D eigenvalue weighted by atomic mass is 9.99. The van der Waals surface area contributed by atoms with E-state index in [0.29, 0.717) is 4.90 Å². The van der Waals surface area contributed by atoms with E-state index in [0.717, 1.165) is 0 Å². The minimum atomic E-state index is -1.36. The number of halogens is 1. The molecule has 1 aromatic heterocycles. The van der Waals surface area contributed by atoms with Gasteiger partial charge in [-0.3, -0.25) is 9.59 Å². The van der Waals surface area contributed by atoms with Gasteiger partial charge in [-0.2, -0.15) is 4.90 Å². The molecule has 1 aliphatic rings. The van der Waals surface area contributed by atoms with Crippen molar-refractivity contribution in [3.63, 3.8) is 0 Å². The number of alkyl halides is 1. The molecule has 1 fully saturated rings. The third kappa shape index (κ3) is 1.61. The Bertz CT molecular complexity index is 485. The van der Waals surface area contributed by atoms with E-state index in [9.17, 15) is 14.4 Å². The van der Waals surface area contributed by atoms with Crippen molar-refractivity contribution < 1.29 is 18.8 Å². The molecular weight excluding hydrogens is 248 g/mol. The van der Waals surface area contributed by atoms with Gasteiger partial charge < -0.3 is 9.73 Å². The fourth-order valence-corrected chi connectivity index (χ4v) is 1.77. The van der Waals surface area contributed by atoms with Gasteiger partial charge >= 0.3 is 6.03 Å². The molecule has 1 saturated heterocycles. The van der Waals surface area contributed by atoms with Crippen LogP contribution in [0.5, 0.6) is 0 Å². The molecule has 1 N–H and O–H groups in total. The Morgan fingerprint density at radius 3 is 2.82 bits per heavy atom. The summed E-state index contributed by atoms with van der Waals surface area (Å²) in [5.41, 5.74) is -1.36. The first-order valence-electron chi connectivity index (χ1n) is 4.80. The largest absolute Gasteiger partial charge is 0.466 e. The SMILES string of the molecule is CC1(c2ccco2)NC(=O)N(C(=O)CCl)C1=O. The lowest BCUT2D eigenvalue weighted by Crippen LogP contribution is -2.42. The monoisotopic (exact) mass is 256 g/mol. The highest BCUT2D eigenvalue weighted by atomic mass is 35.5. The van der Waals surface area contributed by atoms with Crippen molar-refractivity contribution in [2.24, 2.45) is 0 Å². The summed E-state index contributed by atoms with van der Waals surface area (Å²) < 4.78 is 5.09. The van der Waals surface area contributed by atoms with Crippen LogP contribution in [0.2, 0.25) is 0 Å². The van der Waals surface area contributed by atoms with E-state index in [-0.39, 0.29) is 5.76 Å². The first-order valence-corrected chi connectivity index (χ1v) is 5.33. The third-order valence-corrected chi connectivity index (χ3v) is 2.80. The summed E-state index contributed by atoms with van der Waals surface area (Å²) in [7, 11) is 0. The van der Waals surface area contributed by atoms with Crippen molar-refractivity contribution in [1.82, 2.24) is 10.2 Å². The number of hydrogen-bond acceptors (Lipinski definition) is 4. The zero-order valence-corrected chi connectivity index (χ0v) is 9.65. The van der Waals surface area contributed by atoms with Crippen LogP contribution in [0.4, 0.5) is 4.79 Å². The van der Waals surface area contributed by atoms with Gasteiger partial charge in [-0.25, -0.2) is 4.79 Å². The molecule has 1 atom stereocenters. The molecule has 0 aliphatic carbocycles. The minimum Gasteiger partial charge on any atom is -0.466 e. The molecule has 17 heavy (non-hydrogen) atoms. The van der Waals surface area contributed by atoms with E-state index in [1.807, 2.05) is 0 Å². The molecule has 0 aromatic carbocycles. The average molecular weight is 257 g/mol. The summed E-state index contributed by atoms with van der Waals surface area (Å²) >= 11 is 5.33. The predicted octanol–water partition coefficient (Wildman–Crippen LogP) is 0.812. The van der Waals surface area contributed by atoms with Crippen LogP contribution in [-0.4, -0.2) is 28.6 Å². The summed E-state index contributed by atoms with van der Waals surface area (Å²) in [6.07, 6.45) is 1.38. The van der Waals surface area contributed by atoms with Gasteiger partial charge in [-0.15, -0.1) is 11.6 Å². The van der Waals surface area contributed by atoms with E-state index >= 15 is 0 Å². The molecule has 1 aromatic rings. The Kier molecular flexibility index (Phi) is 2.66. The van der Waals surface area contributed by atoms with E-state index in [4.69, 9.17) is 16.0 Å². The number of hydrogen-bond donors (Lipinski definition) is 1. The first-order chi connectivity index (χ1) is 8.00. The summed E-state index contributed by atoms with van der Waals surface area (Å²) in [5, 5.41) is 2.41. The van der Waals surface area contributed by atoms with Gasteiger partial charge in [-0.1, -0.05) is 0 Å². The van der Waals surface area contributed by atoms with Crippen molar-refractivity contribution in [2.45, 2.75) is 12.5 Å². The minimum absolute atomic E-state index is 0.265. The zero-order chi connectivity index (χ0) is 12.6. The molecule has 6 nitrogen and oxygen atoms in total. The number of carbonyl (C=O) groups is 3. The van der Waals surface area contributed by atoms with Crippen LogP contribution >= 0.6 is 11.6 Å². The number of rotatable bonds is 2. The van der Waals surface area contributed by atoms with Gasteiger partial charge in [0, 0.05) is 0 Å². The summed E-state index contributed by atoms with van der Waals surface area (Å²) in [4.78, 5) is 35.5. The van der Waals surface area contributed by atoms with Gasteiger partial charge in [0.1, 0.15) is 11.6 Å². The number of furan rings is 1. The zero-order valence-electron chi connectivity index (χ0n) is 8.90. The van der Waals surface area contributed by atoms with Crippen molar-refractivity contribution in [3.8, 4) is 0 Å². The molecule has 0 spiro atoms. The standard InChI is InChI=1S/C10H9ClN2O4/c1-10(6-3-2-4-17-6)8(15)13(7(14)5-11)9(16)12-10/h2-4H,5H2,1H3,(H,12,16). The Morgan fingerprint density at radius 1 is 1.59 bits per heavy atom. The molecule has 0 saturated carbocycles. The smallest absolute Gasteiger partial charge is 0.332 e. The molecule has 1 aliphatic heterocycles. The van der Waals surface area contributed by atoms with Crippen LogP contribution in [0.25, 0.3) is 0 Å². The van der Waals surface area contributed by atoms with E-state index in [1.54, 1.807) is 12.1 Å². The van der Waals surface area contributed by atoms with Crippen LogP contribution in [0.1, 0.15) is 12.7 Å². The maximum atomic E-state index is 12.0. The number of carbonyl (C=O) groups excluding carboxylic acids is 3. The maximum absolute atomic E-state index is 12.0. The second-order valence-electron chi connectivity index (χ2n) is 3.70. The maximum Gasteiger partial charge on any atom is 0.332 e. The number of imide groups is 3. The number of nitrogens with one attached hydrogen (secondary N) is 1. The molecule has 90 valence electrons. The highest BCUT2D eigenvalue weighted by Gasteiger charge is 2.53. The van der Waals surface area contributed by atoms with Gasteiger partial charge in [-0.05, 0) is 19.1 Å². The Balaban J connectivity index is 2.39. The van der Waals surface area contributed by atoms with Crippen molar-refractivity contribution >= 4 is 29.4 Å². The first kappa shape index (κ1) is 11.7. The number of nitrogens with zero attached hydrogens (tertiary/aromatic N) is 1. The predicted molar refractivity (Wildman–Crippen MR) is 57.2 cm³/mol. The van der Waals surface area contributed by atoms with Gasteiger partial charge in [0.15, 0.2) is 5.54 Å². The summed E-state index contributed by atoms with van der Waals surface area (Å²) in [5.74, 6) is -1.62. The van der Waals surface area contributed by atoms with Crippen LogP contribution in [0.3, 0.4) is 0 Å². The van der Waals surface area contributed by atoms with E-state index < -0.39 is 29.3 Å². The number of urea groups is 1. The van der Waals surface area contributed by atoms with Crippen LogP contribution in [0, 0.1) is 0 Å². The number of amides is 4. The molecule has 1 unspecified atom stereocenters. The van der Waals surface area contributed by atoms with Gasteiger partial charge in [0.25, 0.3) is 11.8 Å². The molecule has 2 heterocycles. The van der Waals surface area contributed by atoms with Crippen LogP contribution in [0.15, 0.2) is 22.8 Å². The Morgan fingerprint density at radius 2 is 2.29 bits per heavy atom. The van der Waals surface area contributed by atoms with Crippen molar-refractivity contribution in [3.05, 3.63) is 24.2 Å². The van der Waals surface area contributed by atoms with Crippen LogP contribution < -0.4 is 5.32 Å². The quantitative estimate of drug-likeness (QED) is 0.627. The lowest BCUT2D eigenvalue weighted by molar-refractivity contribution is -0.140. The highest BCUT2D eigenvalue weighted by Crippen LogP contribution is 2.29. The Hall–Kier alpha value is -1.82. The fraction of sp³-hybridized carbons (Fsp3) is 0.300. The lowest BCUT2D eigenvalue weighted by Gasteiger charge is -2.17. The molecule has 2 rings (SSSR count). The fourth-order valence-electron chi connectivity index (χ4n) is 1.66. The molecule has 7 heteroatoms. The van der Waals surface area contributed by atoms with Crippen LogP contribution in [-0.2, 0) is 15.1 Å². The normalized spacial score (nSPS) is 24.0. The summed E-state index contributed by atoms with van der Waals surface area (Å²) in [6.45, 7) is 1.47. The topological polar surface area (TPSA) is 79.6 Å². The Labute approximate surface area is 102 Å². The second kappa shape index (κ2) is 3.89. The molecular formula is C10H9ClN2O4. The van der Waals surface area contributed by atoms with Gasteiger partial charge in [0.2, 0.25) is 0 Å². The van der Waals surface area contributed by atoms with Crippen molar-refractivity contribution in [1.29, 1.82) is 0 Å². The van der Waals surface area contributed by atoms with Gasteiger partial charge in [0.05, 0.1) is 6.26 Å². The van der Waals surface area contributed by atoms with E-state index in [1.165, 1.54) is 13.2 Å². The average Bonchev–Trinajstić information content (AvgIpc) is 2.88. The highest BCUT2D eigenvalue weighted by molar-refractivity contribution is 6.31. The second-order valence-corrected chi connectivity index (χ2v) is 3.97. The summed E-state index contributed by atoms with van der Waals surface area (Å²) in [6, 6.07) is 2.35.